The largest absolute Gasteiger partial charge is 0.398 e. The number of nitrogens with zero attached hydrogens (tertiary/aromatic N) is 1. The van der Waals surface area contributed by atoms with Crippen LogP contribution in [0.15, 0.2) is 24.3 Å². The van der Waals surface area contributed by atoms with E-state index in [4.69, 9.17) is 5.73 Å². The Morgan fingerprint density at radius 2 is 2.00 bits per heavy atom. The molecule has 1 unspecified atom stereocenters. The van der Waals surface area contributed by atoms with Gasteiger partial charge in [0.2, 0.25) is 5.91 Å². The van der Waals surface area contributed by atoms with Crippen LogP contribution in [-0.2, 0) is 11.3 Å². The minimum absolute atomic E-state index is 0.0499. The Hall–Kier alpha value is -1.55. The molecular formula is C16H27N3O. The van der Waals surface area contributed by atoms with Gasteiger partial charge < -0.3 is 11.1 Å². The zero-order valence-corrected chi connectivity index (χ0v) is 13.2. The van der Waals surface area contributed by atoms with Crippen molar-refractivity contribution in [3.8, 4) is 0 Å². The van der Waals surface area contributed by atoms with Crippen molar-refractivity contribution in [3.63, 3.8) is 0 Å². The third kappa shape index (κ3) is 4.53. The highest BCUT2D eigenvalue weighted by atomic mass is 16.2. The number of hydrogen-bond acceptors (Lipinski definition) is 3. The molecule has 0 radical (unpaired) electrons. The third-order valence-corrected chi connectivity index (χ3v) is 3.86. The first-order valence-corrected chi connectivity index (χ1v) is 7.12. The molecular weight excluding hydrogens is 250 g/mol. The summed E-state index contributed by atoms with van der Waals surface area (Å²) in [5.41, 5.74) is 7.58. The number of carbonyl (C=O) groups excluding carboxylic acids is 1. The third-order valence-electron chi connectivity index (χ3n) is 3.86. The monoisotopic (exact) mass is 277 g/mol. The fraction of sp³-hybridized carbons (Fsp3) is 0.562. The quantitative estimate of drug-likeness (QED) is 0.785. The molecule has 1 amide bonds. The van der Waals surface area contributed by atoms with Crippen molar-refractivity contribution in [2.24, 2.45) is 0 Å². The number of nitrogens with two attached hydrogens (primary N) is 1. The number of carbonyl (C=O) groups is 1. The lowest BCUT2D eigenvalue weighted by molar-refractivity contribution is -0.127. The van der Waals surface area contributed by atoms with Crippen LogP contribution in [0.3, 0.4) is 0 Å². The van der Waals surface area contributed by atoms with Gasteiger partial charge in [-0.05, 0) is 45.9 Å². The Bertz CT molecular complexity index is 457. The normalized spacial score (nSPS) is 13.3. The number of likely N-dealkylation sites (N-methyl/N-ethyl adjacent to an activating group) is 1. The van der Waals surface area contributed by atoms with E-state index in [0.717, 1.165) is 17.7 Å². The average molecular weight is 277 g/mol. The standard InChI is InChI=1S/C16H27N3O/c1-6-16(3,4)18-15(20)12(2)19(5)11-13-9-7-8-10-14(13)17/h7-10,12H,6,11,17H2,1-5H3,(H,18,20). The van der Waals surface area contributed by atoms with Gasteiger partial charge in [-0.2, -0.15) is 0 Å². The maximum atomic E-state index is 12.3. The molecule has 112 valence electrons. The molecule has 1 rings (SSSR count). The molecule has 0 heterocycles. The van der Waals surface area contributed by atoms with Gasteiger partial charge in [0.15, 0.2) is 0 Å². The topological polar surface area (TPSA) is 58.4 Å². The summed E-state index contributed by atoms with van der Waals surface area (Å²) in [7, 11) is 1.94. The second-order valence-corrected chi connectivity index (χ2v) is 6.02. The minimum Gasteiger partial charge on any atom is -0.398 e. The van der Waals surface area contributed by atoms with Crippen LogP contribution in [0.25, 0.3) is 0 Å². The van der Waals surface area contributed by atoms with E-state index in [9.17, 15) is 4.79 Å². The van der Waals surface area contributed by atoms with Gasteiger partial charge in [-0.3, -0.25) is 9.69 Å². The van der Waals surface area contributed by atoms with E-state index in [1.165, 1.54) is 0 Å². The lowest BCUT2D eigenvalue weighted by atomic mass is 10.0. The zero-order chi connectivity index (χ0) is 15.3. The van der Waals surface area contributed by atoms with Crippen LogP contribution in [0, 0.1) is 0 Å². The summed E-state index contributed by atoms with van der Waals surface area (Å²) in [6.07, 6.45) is 0.904. The van der Waals surface area contributed by atoms with E-state index in [-0.39, 0.29) is 17.5 Å². The van der Waals surface area contributed by atoms with E-state index in [0.29, 0.717) is 6.54 Å². The first-order valence-electron chi connectivity index (χ1n) is 7.12. The van der Waals surface area contributed by atoms with Crippen LogP contribution < -0.4 is 11.1 Å². The van der Waals surface area contributed by atoms with E-state index in [2.05, 4.69) is 12.2 Å². The van der Waals surface area contributed by atoms with E-state index in [1.807, 2.05) is 57.0 Å². The zero-order valence-electron chi connectivity index (χ0n) is 13.2. The number of rotatable bonds is 6. The first kappa shape index (κ1) is 16.5. The van der Waals surface area contributed by atoms with Gasteiger partial charge in [0.05, 0.1) is 6.04 Å². The van der Waals surface area contributed by atoms with Crippen LogP contribution in [0.5, 0.6) is 0 Å². The highest BCUT2D eigenvalue weighted by Gasteiger charge is 2.24. The molecule has 1 atom stereocenters. The van der Waals surface area contributed by atoms with Crippen molar-refractivity contribution in [1.29, 1.82) is 0 Å². The fourth-order valence-electron chi connectivity index (χ4n) is 1.81. The Morgan fingerprint density at radius 3 is 2.55 bits per heavy atom. The molecule has 0 aromatic heterocycles. The SMILES string of the molecule is CCC(C)(C)NC(=O)C(C)N(C)Cc1ccccc1N. The number of nitrogens with one attached hydrogen (secondary N) is 1. The van der Waals surface area contributed by atoms with E-state index >= 15 is 0 Å². The lowest BCUT2D eigenvalue weighted by Crippen LogP contribution is -2.50. The van der Waals surface area contributed by atoms with Gasteiger partial charge in [0.25, 0.3) is 0 Å². The summed E-state index contributed by atoms with van der Waals surface area (Å²) >= 11 is 0. The van der Waals surface area contributed by atoms with Gasteiger partial charge in [0.1, 0.15) is 0 Å². The molecule has 0 aliphatic rings. The summed E-state index contributed by atoms with van der Waals surface area (Å²) < 4.78 is 0. The van der Waals surface area contributed by atoms with Gasteiger partial charge in [-0.15, -0.1) is 0 Å². The summed E-state index contributed by atoms with van der Waals surface area (Å²) in [5.74, 6) is 0.0499. The molecule has 1 aromatic carbocycles. The molecule has 0 fully saturated rings. The molecule has 20 heavy (non-hydrogen) atoms. The van der Waals surface area contributed by atoms with Crippen molar-refractivity contribution in [3.05, 3.63) is 29.8 Å². The molecule has 4 heteroatoms. The van der Waals surface area contributed by atoms with Crippen molar-refractivity contribution in [1.82, 2.24) is 10.2 Å². The van der Waals surface area contributed by atoms with Gasteiger partial charge in [-0.25, -0.2) is 0 Å². The highest BCUT2D eigenvalue weighted by Crippen LogP contribution is 2.15. The molecule has 1 aromatic rings. The van der Waals surface area contributed by atoms with Crippen LogP contribution in [0.1, 0.15) is 39.7 Å². The van der Waals surface area contributed by atoms with Crippen molar-refractivity contribution >= 4 is 11.6 Å². The molecule has 0 saturated heterocycles. The number of nitrogen functional groups attached to an aromatic ring is 1. The molecule has 3 N–H and O–H groups in total. The Labute approximate surface area is 122 Å². The summed E-state index contributed by atoms with van der Waals surface area (Å²) in [5, 5.41) is 3.08. The number of benzene rings is 1. The van der Waals surface area contributed by atoms with E-state index in [1.54, 1.807) is 0 Å². The van der Waals surface area contributed by atoms with Gasteiger partial charge in [-0.1, -0.05) is 25.1 Å². The number of hydrogen-bond donors (Lipinski definition) is 2. The van der Waals surface area contributed by atoms with Crippen molar-refractivity contribution in [2.45, 2.75) is 52.2 Å². The highest BCUT2D eigenvalue weighted by molar-refractivity contribution is 5.82. The Balaban J connectivity index is 2.65. The molecule has 0 aliphatic heterocycles. The lowest BCUT2D eigenvalue weighted by Gasteiger charge is -2.30. The Morgan fingerprint density at radius 1 is 1.40 bits per heavy atom. The molecule has 0 aliphatic carbocycles. The molecule has 4 nitrogen and oxygen atoms in total. The summed E-state index contributed by atoms with van der Waals surface area (Å²) in [6, 6.07) is 7.56. The molecule has 0 saturated carbocycles. The number of amides is 1. The second-order valence-electron chi connectivity index (χ2n) is 6.02. The molecule has 0 spiro atoms. The number of para-hydroxylation sites is 1. The second kappa shape index (κ2) is 6.75. The van der Waals surface area contributed by atoms with Crippen LogP contribution in [0.4, 0.5) is 5.69 Å². The number of anilines is 1. The first-order chi connectivity index (χ1) is 9.26. The van der Waals surface area contributed by atoms with Crippen LogP contribution in [0.2, 0.25) is 0 Å². The maximum absolute atomic E-state index is 12.3. The molecule has 0 bridgehead atoms. The van der Waals surface area contributed by atoms with Crippen molar-refractivity contribution in [2.75, 3.05) is 12.8 Å². The van der Waals surface area contributed by atoms with Crippen LogP contribution >= 0.6 is 0 Å². The predicted octanol–water partition coefficient (Wildman–Crippen LogP) is 2.39. The van der Waals surface area contributed by atoms with Crippen LogP contribution in [-0.4, -0.2) is 29.4 Å². The fourth-order valence-corrected chi connectivity index (χ4v) is 1.81. The predicted molar refractivity (Wildman–Crippen MR) is 84.3 cm³/mol. The summed E-state index contributed by atoms with van der Waals surface area (Å²) in [4.78, 5) is 14.3. The Kier molecular flexibility index (Phi) is 5.57. The van der Waals surface area contributed by atoms with Gasteiger partial charge >= 0.3 is 0 Å². The minimum atomic E-state index is -0.194. The maximum Gasteiger partial charge on any atom is 0.237 e. The summed E-state index contributed by atoms with van der Waals surface area (Å²) in [6.45, 7) is 8.72. The van der Waals surface area contributed by atoms with Gasteiger partial charge in [0, 0.05) is 17.8 Å². The average Bonchev–Trinajstić information content (AvgIpc) is 2.40. The smallest absolute Gasteiger partial charge is 0.237 e. The van der Waals surface area contributed by atoms with E-state index < -0.39 is 0 Å². The van der Waals surface area contributed by atoms with Crippen molar-refractivity contribution < 1.29 is 4.79 Å².